The lowest BCUT2D eigenvalue weighted by Crippen LogP contribution is -2.30. The van der Waals surface area contributed by atoms with E-state index in [0.717, 1.165) is 86.9 Å². The van der Waals surface area contributed by atoms with Crippen LogP contribution in [0.15, 0.2) is 18.5 Å². The Labute approximate surface area is 172 Å². The number of amides is 1. The lowest BCUT2D eigenvalue weighted by molar-refractivity contribution is 0.0793. The van der Waals surface area contributed by atoms with E-state index in [1.807, 2.05) is 36.3 Å². The highest BCUT2D eigenvalue weighted by Crippen LogP contribution is 2.26. The van der Waals surface area contributed by atoms with E-state index >= 15 is 0 Å². The van der Waals surface area contributed by atoms with Crippen molar-refractivity contribution in [2.45, 2.75) is 39.0 Å². The summed E-state index contributed by atoms with van der Waals surface area (Å²) in [6.45, 7) is 5.47. The van der Waals surface area contributed by atoms with Crippen LogP contribution in [0.4, 0.5) is 11.8 Å². The van der Waals surface area contributed by atoms with Crippen LogP contribution < -0.4 is 9.80 Å². The summed E-state index contributed by atoms with van der Waals surface area (Å²) in [7, 11) is 3.92. The Morgan fingerprint density at radius 3 is 2.41 bits per heavy atom. The predicted molar refractivity (Wildman–Crippen MR) is 115 cm³/mol. The van der Waals surface area contributed by atoms with Gasteiger partial charge in [-0.05, 0) is 42.9 Å². The lowest BCUT2D eigenvalue weighted by Gasteiger charge is -2.22. The molecule has 7 nitrogen and oxygen atoms in total. The number of aromatic nitrogens is 3. The molecule has 0 atom stereocenters. The van der Waals surface area contributed by atoms with Gasteiger partial charge in [-0.3, -0.25) is 4.79 Å². The van der Waals surface area contributed by atoms with Crippen LogP contribution >= 0.6 is 0 Å². The van der Waals surface area contributed by atoms with Gasteiger partial charge in [-0.25, -0.2) is 15.0 Å². The summed E-state index contributed by atoms with van der Waals surface area (Å²) in [5, 5.41) is 0. The van der Waals surface area contributed by atoms with Gasteiger partial charge < -0.3 is 14.7 Å². The molecule has 0 saturated carbocycles. The maximum absolute atomic E-state index is 13.1. The second kappa shape index (κ2) is 8.35. The summed E-state index contributed by atoms with van der Waals surface area (Å²) in [4.78, 5) is 33.3. The average Bonchev–Trinajstić information content (AvgIpc) is 3.20. The molecular weight excluding hydrogens is 364 g/mol. The normalized spacial score (nSPS) is 16.5. The molecule has 0 N–H and O–H groups in total. The number of nitrogens with zero attached hydrogens (tertiary/aromatic N) is 6. The van der Waals surface area contributed by atoms with Crippen molar-refractivity contribution in [3.05, 3.63) is 40.8 Å². The van der Waals surface area contributed by atoms with Crippen LogP contribution in [0.3, 0.4) is 0 Å². The first-order valence-corrected chi connectivity index (χ1v) is 10.6. The predicted octanol–water partition coefficient (Wildman–Crippen LogP) is 2.34. The summed E-state index contributed by atoms with van der Waals surface area (Å²) in [5.74, 6) is 1.66. The van der Waals surface area contributed by atoms with Gasteiger partial charge in [-0.2, -0.15) is 0 Å². The van der Waals surface area contributed by atoms with Crippen molar-refractivity contribution in [1.29, 1.82) is 0 Å². The van der Waals surface area contributed by atoms with Crippen molar-refractivity contribution in [1.82, 2.24) is 19.9 Å². The number of hydrogen-bond acceptors (Lipinski definition) is 6. The molecule has 154 valence electrons. The quantitative estimate of drug-likeness (QED) is 0.793. The zero-order valence-electron chi connectivity index (χ0n) is 17.7. The molecule has 0 aromatic carbocycles. The molecular formula is C22H30N6O. The third-order valence-corrected chi connectivity index (χ3v) is 5.87. The van der Waals surface area contributed by atoms with Gasteiger partial charge >= 0.3 is 0 Å². The van der Waals surface area contributed by atoms with E-state index in [1.54, 1.807) is 0 Å². The number of likely N-dealkylation sites (tertiary alicyclic amines) is 1. The number of carbonyl (C=O) groups is 1. The van der Waals surface area contributed by atoms with Crippen molar-refractivity contribution < 1.29 is 4.79 Å². The molecule has 2 aliphatic heterocycles. The standard InChI is InChI=1S/C22H30N6O/c1-4-16-14-23-22(24-15-16)28-11-7-17-13-18(21(29)27-9-5-6-10-27)20(26(2)3)25-19(17)8-12-28/h13-15H,4-12H2,1-3H3. The molecule has 0 spiro atoms. The van der Waals surface area contributed by atoms with Crippen molar-refractivity contribution in [2.24, 2.45) is 0 Å². The van der Waals surface area contributed by atoms with Crippen LogP contribution in [0.5, 0.6) is 0 Å². The summed E-state index contributed by atoms with van der Waals surface area (Å²) in [6, 6.07) is 2.09. The summed E-state index contributed by atoms with van der Waals surface area (Å²) in [6.07, 6.45) is 8.62. The van der Waals surface area contributed by atoms with Crippen molar-refractivity contribution in [3.63, 3.8) is 0 Å². The molecule has 1 saturated heterocycles. The van der Waals surface area contributed by atoms with Gasteiger partial charge in [0.15, 0.2) is 0 Å². The zero-order chi connectivity index (χ0) is 20.4. The van der Waals surface area contributed by atoms with E-state index in [9.17, 15) is 4.79 Å². The number of hydrogen-bond donors (Lipinski definition) is 0. The number of fused-ring (bicyclic) bond motifs is 1. The molecule has 1 fully saturated rings. The van der Waals surface area contributed by atoms with Crippen LogP contribution in [-0.4, -0.2) is 66.0 Å². The highest BCUT2D eigenvalue weighted by atomic mass is 16.2. The van der Waals surface area contributed by atoms with Crippen molar-refractivity contribution in [2.75, 3.05) is 50.1 Å². The Morgan fingerprint density at radius 1 is 1.07 bits per heavy atom. The lowest BCUT2D eigenvalue weighted by atomic mass is 10.0. The minimum absolute atomic E-state index is 0.112. The highest BCUT2D eigenvalue weighted by Gasteiger charge is 2.26. The number of pyridine rings is 1. The molecule has 2 aromatic rings. The Kier molecular flexibility index (Phi) is 5.65. The average molecular weight is 395 g/mol. The Balaban J connectivity index is 1.60. The van der Waals surface area contributed by atoms with E-state index in [2.05, 4.69) is 27.9 Å². The molecule has 0 unspecified atom stereocenters. The maximum Gasteiger partial charge on any atom is 0.257 e. The van der Waals surface area contributed by atoms with E-state index < -0.39 is 0 Å². The maximum atomic E-state index is 13.1. The van der Waals surface area contributed by atoms with Gasteiger partial charge in [0.2, 0.25) is 5.95 Å². The highest BCUT2D eigenvalue weighted by molar-refractivity contribution is 5.99. The van der Waals surface area contributed by atoms with Gasteiger partial charge in [-0.1, -0.05) is 6.92 Å². The minimum Gasteiger partial charge on any atom is -0.362 e. The van der Waals surface area contributed by atoms with Crippen LogP contribution in [0.2, 0.25) is 0 Å². The number of carbonyl (C=O) groups excluding carboxylic acids is 1. The topological polar surface area (TPSA) is 65.5 Å². The number of rotatable bonds is 4. The largest absolute Gasteiger partial charge is 0.362 e. The molecule has 0 aliphatic carbocycles. The smallest absolute Gasteiger partial charge is 0.257 e. The van der Waals surface area contributed by atoms with E-state index in [0.29, 0.717) is 0 Å². The fourth-order valence-corrected chi connectivity index (χ4v) is 4.11. The van der Waals surface area contributed by atoms with Crippen LogP contribution in [0.25, 0.3) is 0 Å². The van der Waals surface area contributed by atoms with E-state index in [1.165, 1.54) is 5.56 Å². The van der Waals surface area contributed by atoms with Gasteiger partial charge in [-0.15, -0.1) is 0 Å². The van der Waals surface area contributed by atoms with Gasteiger partial charge in [0, 0.05) is 64.8 Å². The Morgan fingerprint density at radius 2 is 1.76 bits per heavy atom. The molecule has 2 aromatic heterocycles. The summed E-state index contributed by atoms with van der Waals surface area (Å²) >= 11 is 0. The number of aryl methyl sites for hydroxylation is 1. The fourth-order valence-electron chi connectivity index (χ4n) is 4.11. The number of anilines is 2. The minimum atomic E-state index is 0.112. The van der Waals surface area contributed by atoms with Crippen LogP contribution in [-0.2, 0) is 19.3 Å². The van der Waals surface area contributed by atoms with Gasteiger partial charge in [0.05, 0.1) is 5.56 Å². The van der Waals surface area contributed by atoms with E-state index in [4.69, 9.17) is 4.98 Å². The molecule has 1 amide bonds. The third kappa shape index (κ3) is 4.04. The first kappa shape index (κ1) is 19.6. The molecule has 4 heterocycles. The SMILES string of the molecule is CCc1cnc(N2CCc3cc(C(=O)N4CCCC4)c(N(C)C)nc3CC2)nc1. The fraction of sp³-hybridized carbons (Fsp3) is 0.545. The summed E-state index contributed by atoms with van der Waals surface area (Å²) in [5.41, 5.74) is 4.13. The van der Waals surface area contributed by atoms with Crippen LogP contribution in [0.1, 0.15) is 46.9 Å². The molecule has 0 bridgehead atoms. The van der Waals surface area contributed by atoms with Crippen molar-refractivity contribution >= 4 is 17.7 Å². The first-order chi connectivity index (χ1) is 14.1. The molecule has 7 heteroatoms. The first-order valence-electron chi connectivity index (χ1n) is 10.6. The molecule has 29 heavy (non-hydrogen) atoms. The monoisotopic (exact) mass is 394 g/mol. The van der Waals surface area contributed by atoms with Crippen LogP contribution in [0, 0.1) is 0 Å². The van der Waals surface area contributed by atoms with E-state index in [-0.39, 0.29) is 5.91 Å². The third-order valence-electron chi connectivity index (χ3n) is 5.87. The molecule has 2 aliphatic rings. The Bertz CT molecular complexity index is 874. The van der Waals surface area contributed by atoms with Crippen molar-refractivity contribution in [3.8, 4) is 0 Å². The second-order valence-electron chi connectivity index (χ2n) is 8.09. The molecule has 0 radical (unpaired) electrons. The zero-order valence-corrected chi connectivity index (χ0v) is 17.7. The Hall–Kier alpha value is -2.70. The van der Waals surface area contributed by atoms with Gasteiger partial charge in [0.1, 0.15) is 5.82 Å². The van der Waals surface area contributed by atoms with Gasteiger partial charge in [0.25, 0.3) is 5.91 Å². The summed E-state index contributed by atoms with van der Waals surface area (Å²) < 4.78 is 0. The molecule has 4 rings (SSSR count). The second-order valence-corrected chi connectivity index (χ2v) is 8.09.